The molecule has 2 heterocycles. The third-order valence-electron chi connectivity index (χ3n) is 1.12. The van der Waals surface area contributed by atoms with E-state index in [9.17, 15) is 0 Å². The van der Waals surface area contributed by atoms with Crippen LogP contribution in [0.2, 0.25) is 0 Å². The number of nitrogens with zero attached hydrogens (tertiary/aromatic N) is 4. The minimum absolute atomic E-state index is 0.448. The van der Waals surface area contributed by atoms with Gasteiger partial charge in [0.15, 0.2) is 9.47 Å². The average molecular weight is 294 g/mol. The first-order chi connectivity index (χ1) is 5.75. The van der Waals surface area contributed by atoms with Crippen LogP contribution in [0, 0.1) is 0 Å². The maximum atomic E-state index is 3.98. The minimum atomic E-state index is 0.448. The van der Waals surface area contributed by atoms with Crippen LogP contribution in [-0.2, 0) is 0 Å². The number of nitrogens with one attached hydrogen (secondary N) is 2. The van der Waals surface area contributed by atoms with Gasteiger partial charge in [-0.25, -0.2) is 0 Å². The SMILES string of the molecule is Brc1nc(-c2n[nH]c(Br)n2)n[nH]1. The molecule has 0 amide bonds. The summed E-state index contributed by atoms with van der Waals surface area (Å²) in [5.74, 6) is 0.896. The van der Waals surface area contributed by atoms with Crippen molar-refractivity contribution >= 4 is 31.9 Å². The molecule has 0 bridgehead atoms. The molecule has 0 radical (unpaired) electrons. The van der Waals surface area contributed by atoms with Crippen molar-refractivity contribution in [2.24, 2.45) is 0 Å². The van der Waals surface area contributed by atoms with E-state index in [1.54, 1.807) is 0 Å². The molecule has 2 N–H and O–H groups in total. The van der Waals surface area contributed by atoms with E-state index in [-0.39, 0.29) is 0 Å². The Kier molecular flexibility index (Phi) is 1.93. The van der Waals surface area contributed by atoms with Crippen molar-refractivity contribution in [2.75, 3.05) is 0 Å². The van der Waals surface area contributed by atoms with Gasteiger partial charge >= 0.3 is 0 Å². The van der Waals surface area contributed by atoms with Gasteiger partial charge in [-0.3, -0.25) is 10.2 Å². The molecule has 0 aliphatic heterocycles. The van der Waals surface area contributed by atoms with Crippen LogP contribution in [0.15, 0.2) is 9.47 Å². The van der Waals surface area contributed by atoms with E-state index in [0.29, 0.717) is 21.1 Å². The summed E-state index contributed by atoms with van der Waals surface area (Å²) in [6.45, 7) is 0. The van der Waals surface area contributed by atoms with Gasteiger partial charge in [-0.15, -0.1) is 10.2 Å². The molecule has 6 nitrogen and oxygen atoms in total. The first-order valence-electron chi connectivity index (χ1n) is 2.92. The lowest BCUT2D eigenvalue weighted by Gasteiger charge is -1.79. The first-order valence-corrected chi connectivity index (χ1v) is 4.50. The Bertz CT molecular complexity index is 353. The van der Waals surface area contributed by atoms with Crippen LogP contribution in [0.1, 0.15) is 0 Å². The van der Waals surface area contributed by atoms with Crippen molar-refractivity contribution in [2.45, 2.75) is 0 Å². The van der Waals surface area contributed by atoms with Gasteiger partial charge in [0.05, 0.1) is 0 Å². The monoisotopic (exact) mass is 292 g/mol. The number of rotatable bonds is 1. The lowest BCUT2D eigenvalue weighted by molar-refractivity contribution is 1.04. The molecule has 0 aliphatic rings. The molecule has 0 aromatic carbocycles. The summed E-state index contributed by atoms with van der Waals surface area (Å²) >= 11 is 6.26. The van der Waals surface area contributed by atoms with E-state index >= 15 is 0 Å². The maximum Gasteiger partial charge on any atom is 0.221 e. The van der Waals surface area contributed by atoms with E-state index in [1.165, 1.54) is 0 Å². The van der Waals surface area contributed by atoms with Crippen molar-refractivity contribution in [3.05, 3.63) is 9.47 Å². The fraction of sp³-hybridized carbons (Fsp3) is 0. The maximum absolute atomic E-state index is 3.98. The van der Waals surface area contributed by atoms with Gasteiger partial charge in [0.1, 0.15) is 0 Å². The Morgan fingerprint density at radius 1 is 0.833 bits per heavy atom. The predicted octanol–water partition coefficient (Wildman–Crippen LogP) is 1.11. The van der Waals surface area contributed by atoms with Crippen molar-refractivity contribution in [1.29, 1.82) is 0 Å². The summed E-state index contributed by atoms with van der Waals surface area (Å²) in [6, 6.07) is 0. The quantitative estimate of drug-likeness (QED) is 0.825. The van der Waals surface area contributed by atoms with Crippen molar-refractivity contribution in [3.63, 3.8) is 0 Å². The predicted molar refractivity (Wildman–Crippen MR) is 47.2 cm³/mol. The zero-order chi connectivity index (χ0) is 8.55. The van der Waals surface area contributed by atoms with Crippen LogP contribution < -0.4 is 0 Å². The molecule has 2 aromatic rings. The lowest BCUT2D eigenvalue weighted by atomic mass is 10.6. The second-order valence-electron chi connectivity index (χ2n) is 1.90. The number of aromatic nitrogens is 6. The highest BCUT2D eigenvalue weighted by Gasteiger charge is 2.08. The van der Waals surface area contributed by atoms with Gasteiger partial charge in [-0.2, -0.15) is 9.97 Å². The Balaban J connectivity index is 2.43. The van der Waals surface area contributed by atoms with E-state index in [1.807, 2.05) is 0 Å². The summed E-state index contributed by atoms with van der Waals surface area (Å²) in [5.41, 5.74) is 0. The van der Waals surface area contributed by atoms with Crippen LogP contribution in [0.4, 0.5) is 0 Å². The molecule has 0 saturated heterocycles. The minimum Gasteiger partial charge on any atom is -0.253 e. The van der Waals surface area contributed by atoms with Gasteiger partial charge in [0.2, 0.25) is 11.6 Å². The molecule has 0 atom stereocenters. The Morgan fingerprint density at radius 2 is 1.25 bits per heavy atom. The van der Waals surface area contributed by atoms with Crippen LogP contribution >= 0.6 is 31.9 Å². The highest BCUT2D eigenvalue weighted by atomic mass is 79.9. The van der Waals surface area contributed by atoms with Gasteiger partial charge in [0.25, 0.3) is 0 Å². The molecule has 2 aromatic heterocycles. The second kappa shape index (κ2) is 2.94. The highest BCUT2D eigenvalue weighted by Crippen LogP contribution is 2.12. The van der Waals surface area contributed by atoms with E-state index in [0.717, 1.165) is 0 Å². The van der Waals surface area contributed by atoms with Gasteiger partial charge < -0.3 is 0 Å². The van der Waals surface area contributed by atoms with E-state index in [4.69, 9.17) is 0 Å². The summed E-state index contributed by atoms with van der Waals surface area (Å²) in [5, 5.41) is 12.9. The molecule has 62 valence electrons. The fourth-order valence-electron chi connectivity index (χ4n) is 0.684. The van der Waals surface area contributed by atoms with Crippen LogP contribution in [0.25, 0.3) is 11.6 Å². The molecule has 2 rings (SSSR count). The van der Waals surface area contributed by atoms with Gasteiger partial charge in [-0.1, -0.05) is 0 Å². The molecule has 0 unspecified atom stereocenters. The zero-order valence-electron chi connectivity index (χ0n) is 5.54. The fourth-order valence-corrected chi connectivity index (χ4v) is 1.20. The molecular weight excluding hydrogens is 292 g/mol. The number of aromatic amines is 2. The summed E-state index contributed by atoms with van der Waals surface area (Å²) < 4.78 is 1.11. The van der Waals surface area contributed by atoms with E-state index in [2.05, 4.69) is 62.2 Å². The standard InChI is InChI=1S/C4H2Br2N6/c5-3-7-1(9-11-3)2-8-4(6)12-10-2/h(H,7,9,11)(H,8,10,12). The van der Waals surface area contributed by atoms with Crippen molar-refractivity contribution in [3.8, 4) is 11.6 Å². The van der Waals surface area contributed by atoms with Gasteiger partial charge in [0, 0.05) is 0 Å². The van der Waals surface area contributed by atoms with E-state index < -0.39 is 0 Å². The molecular formula is C4H2Br2N6. The number of hydrogen-bond donors (Lipinski definition) is 2. The molecule has 0 fully saturated rings. The third kappa shape index (κ3) is 1.39. The second-order valence-corrected chi connectivity index (χ2v) is 3.40. The Hall–Kier alpha value is -0.760. The van der Waals surface area contributed by atoms with Crippen molar-refractivity contribution < 1.29 is 0 Å². The Morgan fingerprint density at radius 3 is 1.50 bits per heavy atom. The molecule has 0 spiro atoms. The van der Waals surface area contributed by atoms with Gasteiger partial charge in [-0.05, 0) is 31.9 Å². The molecule has 12 heavy (non-hydrogen) atoms. The number of H-pyrrole nitrogens is 2. The number of halogens is 2. The summed E-state index contributed by atoms with van der Waals surface area (Å²) in [7, 11) is 0. The molecule has 8 heteroatoms. The lowest BCUT2D eigenvalue weighted by Crippen LogP contribution is -1.82. The topological polar surface area (TPSA) is 83.1 Å². The van der Waals surface area contributed by atoms with Crippen molar-refractivity contribution in [1.82, 2.24) is 30.4 Å². The third-order valence-corrected chi connectivity index (χ3v) is 1.83. The normalized spacial score (nSPS) is 10.5. The Labute approximate surface area is 83.5 Å². The van der Waals surface area contributed by atoms with Crippen LogP contribution in [0.5, 0.6) is 0 Å². The number of hydrogen-bond acceptors (Lipinski definition) is 4. The largest absolute Gasteiger partial charge is 0.253 e. The molecule has 0 saturated carbocycles. The average Bonchev–Trinajstić information content (AvgIpc) is 2.58. The van der Waals surface area contributed by atoms with Crippen LogP contribution in [0.3, 0.4) is 0 Å². The summed E-state index contributed by atoms with van der Waals surface area (Å²) in [4.78, 5) is 7.96. The summed E-state index contributed by atoms with van der Waals surface area (Å²) in [6.07, 6.45) is 0. The zero-order valence-corrected chi connectivity index (χ0v) is 8.72. The highest BCUT2D eigenvalue weighted by molar-refractivity contribution is 9.10. The molecule has 0 aliphatic carbocycles. The first kappa shape index (κ1) is 7.87. The smallest absolute Gasteiger partial charge is 0.221 e. The van der Waals surface area contributed by atoms with Crippen LogP contribution in [-0.4, -0.2) is 30.4 Å².